The lowest BCUT2D eigenvalue weighted by atomic mass is 10.1. The van der Waals surface area contributed by atoms with Crippen molar-refractivity contribution in [3.05, 3.63) is 64.9 Å². The summed E-state index contributed by atoms with van der Waals surface area (Å²) < 4.78 is 30.3. The molecule has 0 aliphatic heterocycles. The maximum Gasteiger partial charge on any atom is 0.258 e. The molecule has 24 heavy (non-hydrogen) atoms. The van der Waals surface area contributed by atoms with Crippen molar-refractivity contribution in [3.63, 3.8) is 0 Å². The molecule has 8 heteroatoms. The van der Waals surface area contributed by atoms with Gasteiger partial charge in [0.25, 0.3) is 5.89 Å². The quantitative estimate of drug-likeness (QED) is 0.751. The first-order valence-electron chi connectivity index (χ1n) is 7.04. The van der Waals surface area contributed by atoms with Crippen LogP contribution in [0.2, 0.25) is 5.02 Å². The fourth-order valence-corrected chi connectivity index (χ4v) is 2.97. The molecule has 0 radical (unpaired) electrons. The number of benzene rings is 2. The van der Waals surface area contributed by atoms with Crippen molar-refractivity contribution in [3.8, 4) is 11.5 Å². The molecule has 6 nitrogen and oxygen atoms in total. The molecule has 1 N–H and O–H groups in total. The average Bonchev–Trinajstić information content (AvgIpc) is 2.94. The number of aromatic nitrogens is 2. The van der Waals surface area contributed by atoms with Crippen molar-refractivity contribution in [2.75, 3.05) is 11.0 Å². The smallest absolute Gasteiger partial charge is 0.258 e. The Balaban J connectivity index is 1.81. The maximum atomic E-state index is 11.3. The Bertz CT molecular complexity index is 970. The Hall–Kier alpha value is -2.38. The number of hydrogen-bond donors (Lipinski definition) is 1. The fraction of sp³-hybridized carbons (Fsp3) is 0.125. The number of nitrogens with one attached hydrogen (secondary N) is 1. The number of nitrogens with zero attached hydrogens (tertiary/aromatic N) is 2. The molecular weight excluding hydrogens is 350 g/mol. The summed E-state index contributed by atoms with van der Waals surface area (Å²) in [6, 6.07) is 14.2. The summed E-state index contributed by atoms with van der Waals surface area (Å²) in [5, 5.41) is 4.60. The second-order valence-corrected chi connectivity index (χ2v) is 7.46. The van der Waals surface area contributed by atoms with Gasteiger partial charge in [-0.2, -0.15) is 4.98 Å². The highest BCUT2D eigenvalue weighted by atomic mass is 35.5. The molecule has 124 valence electrons. The molecule has 0 aliphatic carbocycles. The zero-order valence-corrected chi connectivity index (χ0v) is 14.3. The summed E-state index contributed by atoms with van der Waals surface area (Å²) in [6.07, 6.45) is 1.58. The third kappa shape index (κ3) is 4.33. The van der Waals surface area contributed by atoms with Crippen LogP contribution in [0.3, 0.4) is 0 Å². The number of hydrogen-bond acceptors (Lipinski definition) is 5. The highest BCUT2D eigenvalue weighted by molar-refractivity contribution is 7.92. The van der Waals surface area contributed by atoms with Crippen LogP contribution in [0.4, 0.5) is 5.69 Å². The molecule has 2 aromatic carbocycles. The summed E-state index contributed by atoms with van der Waals surface area (Å²) in [5.74, 6) is 0.845. The van der Waals surface area contributed by atoms with E-state index in [1.165, 1.54) is 0 Å². The van der Waals surface area contributed by atoms with E-state index in [2.05, 4.69) is 14.9 Å². The molecule has 0 bridgehead atoms. The van der Waals surface area contributed by atoms with Gasteiger partial charge in [0, 0.05) is 22.7 Å². The van der Waals surface area contributed by atoms with E-state index in [9.17, 15) is 8.42 Å². The predicted molar refractivity (Wildman–Crippen MR) is 92.5 cm³/mol. The molecular formula is C16H14ClN3O3S. The van der Waals surface area contributed by atoms with Gasteiger partial charge in [-0.15, -0.1) is 0 Å². The Labute approximate surface area is 144 Å². The first kappa shape index (κ1) is 16.5. The van der Waals surface area contributed by atoms with Gasteiger partial charge in [0.1, 0.15) is 0 Å². The van der Waals surface area contributed by atoms with E-state index in [4.69, 9.17) is 16.1 Å². The van der Waals surface area contributed by atoms with Gasteiger partial charge < -0.3 is 4.52 Å². The van der Waals surface area contributed by atoms with Crippen LogP contribution in [0, 0.1) is 0 Å². The lowest BCUT2D eigenvalue weighted by Gasteiger charge is -2.04. The first-order valence-corrected chi connectivity index (χ1v) is 9.31. The molecule has 3 rings (SSSR count). The first-order chi connectivity index (χ1) is 11.4. The molecule has 0 atom stereocenters. The average molecular weight is 364 g/mol. The minimum atomic E-state index is -3.34. The van der Waals surface area contributed by atoms with E-state index >= 15 is 0 Å². The summed E-state index contributed by atoms with van der Waals surface area (Å²) in [5.41, 5.74) is 2.04. The van der Waals surface area contributed by atoms with Crippen molar-refractivity contribution >= 4 is 27.3 Å². The largest absolute Gasteiger partial charge is 0.334 e. The lowest BCUT2D eigenvalue weighted by Crippen LogP contribution is -2.09. The van der Waals surface area contributed by atoms with E-state index in [0.29, 0.717) is 34.4 Å². The van der Waals surface area contributed by atoms with Crippen LogP contribution in [-0.2, 0) is 16.4 Å². The van der Waals surface area contributed by atoms with E-state index in [1.807, 2.05) is 18.2 Å². The maximum absolute atomic E-state index is 11.3. The van der Waals surface area contributed by atoms with Gasteiger partial charge in [0.05, 0.1) is 6.26 Å². The summed E-state index contributed by atoms with van der Waals surface area (Å²) in [6.45, 7) is 0. The second kappa shape index (κ2) is 6.62. The van der Waals surface area contributed by atoms with E-state index in [0.717, 1.165) is 11.8 Å². The molecule has 0 saturated heterocycles. The Morgan fingerprint density at radius 2 is 1.96 bits per heavy atom. The topological polar surface area (TPSA) is 85.1 Å². The van der Waals surface area contributed by atoms with Gasteiger partial charge in [-0.1, -0.05) is 35.0 Å². The van der Waals surface area contributed by atoms with Crippen molar-refractivity contribution in [2.24, 2.45) is 0 Å². The number of sulfonamides is 1. The minimum Gasteiger partial charge on any atom is -0.334 e. The second-order valence-electron chi connectivity index (χ2n) is 5.28. The molecule has 3 aromatic rings. The molecule has 0 aliphatic rings. The Morgan fingerprint density at radius 3 is 2.71 bits per heavy atom. The number of anilines is 1. The van der Waals surface area contributed by atoms with Gasteiger partial charge in [-0.25, -0.2) is 8.42 Å². The van der Waals surface area contributed by atoms with Crippen LogP contribution in [0.15, 0.2) is 53.1 Å². The minimum absolute atomic E-state index is 0.323. The zero-order valence-electron chi connectivity index (χ0n) is 12.7. The molecule has 0 amide bonds. The zero-order chi connectivity index (χ0) is 17.2. The van der Waals surface area contributed by atoms with Gasteiger partial charge in [-0.3, -0.25) is 4.72 Å². The van der Waals surface area contributed by atoms with Gasteiger partial charge in [-0.05, 0) is 35.9 Å². The third-order valence-electron chi connectivity index (χ3n) is 3.13. The van der Waals surface area contributed by atoms with Crippen molar-refractivity contribution in [1.82, 2.24) is 10.1 Å². The van der Waals surface area contributed by atoms with Crippen LogP contribution in [0.5, 0.6) is 0 Å². The molecule has 0 unspecified atom stereocenters. The van der Waals surface area contributed by atoms with Crippen LogP contribution in [0.1, 0.15) is 11.4 Å². The summed E-state index contributed by atoms with van der Waals surface area (Å²) in [4.78, 5) is 4.34. The van der Waals surface area contributed by atoms with E-state index < -0.39 is 10.0 Å². The monoisotopic (exact) mass is 363 g/mol. The van der Waals surface area contributed by atoms with Crippen LogP contribution < -0.4 is 4.72 Å². The van der Waals surface area contributed by atoms with Crippen molar-refractivity contribution < 1.29 is 12.9 Å². The summed E-state index contributed by atoms with van der Waals surface area (Å²) >= 11 is 5.96. The van der Waals surface area contributed by atoms with Gasteiger partial charge in [0.2, 0.25) is 10.0 Å². The van der Waals surface area contributed by atoms with E-state index in [1.54, 1.807) is 30.3 Å². The van der Waals surface area contributed by atoms with E-state index in [-0.39, 0.29) is 0 Å². The van der Waals surface area contributed by atoms with Gasteiger partial charge >= 0.3 is 0 Å². The van der Waals surface area contributed by atoms with Gasteiger partial charge in [0.15, 0.2) is 5.82 Å². The van der Waals surface area contributed by atoms with Crippen LogP contribution >= 0.6 is 11.6 Å². The third-order valence-corrected chi connectivity index (χ3v) is 3.97. The normalized spacial score (nSPS) is 11.4. The van der Waals surface area contributed by atoms with Crippen molar-refractivity contribution in [2.45, 2.75) is 6.42 Å². The fourth-order valence-electron chi connectivity index (χ4n) is 2.20. The molecule has 0 saturated carbocycles. The van der Waals surface area contributed by atoms with Crippen LogP contribution in [0.25, 0.3) is 11.5 Å². The summed E-state index contributed by atoms with van der Waals surface area (Å²) in [7, 11) is -3.34. The highest BCUT2D eigenvalue weighted by Gasteiger charge is 2.11. The molecule has 1 heterocycles. The predicted octanol–water partition coefficient (Wildman–Crippen LogP) is 3.35. The Kier molecular flexibility index (Phi) is 4.55. The highest BCUT2D eigenvalue weighted by Crippen LogP contribution is 2.22. The SMILES string of the molecule is CS(=O)(=O)Nc1cccc(-c2nc(Cc3cccc(Cl)c3)no2)c1. The standard InChI is InChI=1S/C16H14ClN3O3S/c1-24(21,22)20-14-7-3-5-12(10-14)16-18-15(19-23-16)9-11-4-2-6-13(17)8-11/h2-8,10,20H,9H2,1H3. The van der Waals surface area contributed by atoms with Crippen molar-refractivity contribution in [1.29, 1.82) is 0 Å². The Morgan fingerprint density at radius 1 is 1.17 bits per heavy atom. The molecule has 0 fully saturated rings. The lowest BCUT2D eigenvalue weighted by molar-refractivity contribution is 0.424. The number of halogens is 1. The van der Waals surface area contributed by atoms with Crippen LogP contribution in [-0.4, -0.2) is 24.8 Å². The number of rotatable bonds is 5. The molecule has 1 aromatic heterocycles. The molecule has 0 spiro atoms.